The molecule has 1 aromatic carbocycles. The number of halogens is 1. The summed E-state index contributed by atoms with van der Waals surface area (Å²) in [4.78, 5) is 0. The van der Waals surface area contributed by atoms with Crippen molar-refractivity contribution in [2.45, 2.75) is 39.7 Å². The Morgan fingerprint density at radius 3 is 2.70 bits per heavy atom. The van der Waals surface area contributed by atoms with Crippen molar-refractivity contribution in [1.82, 2.24) is 15.5 Å². The molecule has 0 bridgehead atoms. The average molecular weight is 385 g/mol. The van der Waals surface area contributed by atoms with Crippen LogP contribution in [0.2, 0.25) is 0 Å². The average Bonchev–Trinajstić information content (AvgIpc) is 2.79. The lowest BCUT2D eigenvalue weighted by atomic mass is 10.1. The fraction of sp³-hybridized carbons (Fsp3) is 0.467. The minimum absolute atomic E-state index is 0.106. The molecule has 0 spiro atoms. The Labute approximate surface area is 133 Å². The topological polar surface area (TPSA) is 51.0 Å². The van der Waals surface area contributed by atoms with E-state index in [2.05, 4.69) is 71.9 Å². The molecule has 0 fully saturated rings. The lowest BCUT2D eigenvalue weighted by Gasteiger charge is -2.19. The number of nitrogens with zero attached hydrogens (tertiary/aromatic N) is 2. The molecule has 1 aromatic heterocycles. The summed E-state index contributed by atoms with van der Waals surface area (Å²) in [6.45, 7) is 9.33. The SMILES string of the molecule is Cc1cccc(-c2nnc(CCNC(C)(C)C)o2)c1I. The first-order valence-corrected chi connectivity index (χ1v) is 7.77. The van der Waals surface area contributed by atoms with Crippen LogP contribution in [0.5, 0.6) is 0 Å². The molecule has 0 aliphatic heterocycles. The van der Waals surface area contributed by atoms with Gasteiger partial charge in [0.05, 0.1) is 5.56 Å². The maximum Gasteiger partial charge on any atom is 0.248 e. The highest BCUT2D eigenvalue weighted by atomic mass is 127. The van der Waals surface area contributed by atoms with Crippen molar-refractivity contribution in [2.75, 3.05) is 6.54 Å². The van der Waals surface area contributed by atoms with Crippen LogP contribution in [0.4, 0.5) is 0 Å². The van der Waals surface area contributed by atoms with Gasteiger partial charge in [-0.05, 0) is 61.9 Å². The van der Waals surface area contributed by atoms with Crippen LogP contribution in [-0.2, 0) is 6.42 Å². The van der Waals surface area contributed by atoms with Crippen LogP contribution >= 0.6 is 22.6 Å². The second-order valence-corrected chi connectivity index (χ2v) is 6.94. The van der Waals surface area contributed by atoms with Crippen molar-refractivity contribution >= 4 is 22.6 Å². The Bertz CT molecular complexity index is 587. The highest BCUT2D eigenvalue weighted by Gasteiger charge is 2.13. The van der Waals surface area contributed by atoms with Crippen molar-refractivity contribution in [3.63, 3.8) is 0 Å². The molecule has 108 valence electrons. The number of aryl methyl sites for hydroxylation is 1. The lowest BCUT2D eigenvalue weighted by molar-refractivity contribution is 0.412. The van der Waals surface area contributed by atoms with Gasteiger partial charge in [-0.15, -0.1) is 10.2 Å². The standard InChI is InChI=1S/C15H20IN3O/c1-10-6-5-7-11(13(10)16)14-19-18-12(20-14)8-9-17-15(2,3)4/h5-7,17H,8-9H2,1-4H3. The van der Waals surface area contributed by atoms with Gasteiger partial charge in [0.2, 0.25) is 11.8 Å². The van der Waals surface area contributed by atoms with E-state index in [0.717, 1.165) is 22.1 Å². The molecule has 0 atom stereocenters. The normalized spacial score (nSPS) is 11.8. The first-order chi connectivity index (χ1) is 9.37. The van der Waals surface area contributed by atoms with E-state index in [9.17, 15) is 0 Å². The van der Waals surface area contributed by atoms with E-state index in [-0.39, 0.29) is 5.54 Å². The molecule has 1 heterocycles. The molecule has 0 aliphatic rings. The van der Waals surface area contributed by atoms with Gasteiger partial charge in [0.15, 0.2) is 0 Å². The largest absolute Gasteiger partial charge is 0.421 e. The van der Waals surface area contributed by atoms with Crippen LogP contribution in [0, 0.1) is 10.5 Å². The first kappa shape index (κ1) is 15.4. The number of hydrogen-bond acceptors (Lipinski definition) is 4. The van der Waals surface area contributed by atoms with Crippen molar-refractivity contribution in [3.8, 4) is 11.5 Å². The molecule has 0 radical (unpaired) electrons. The van der Waals surface area contributed by atoms with Gasteiger partial charge >= 0.3 is 0 Å². The van der Waals surface area contributed by atoms with E-state index in [1.807, 2.05) is 12.1 Å². The molecule has 0 saturated heterocycles. The Hall–Kier alpha value is -0.950. The highest BCUT2D eigenvalue weighted by molar-refractivity contribution is 14.1. The van der Waals surface area contributed by atoms with Crippen LogP contribution in [0.3, 0.4) is 0 Å². The van der Waals surface area contributed by atoms with Gasteiger partial charge in [-0.2, -0.15) is 0 Å². The summed E-state index contributed by atoms with van der Waals surface area (Å²) >= 11 is 2.32. The Balaban J connectivity index is 2.07. The third-order valence-electron chi connectivity index (χ3n) is 2.88. The minimum Gasteiger partial charge on any atom is -0.421 e. The number of aromatic nitrogens is 2. The fourth-order valence-corrected chi connectivity index (χ4v) is 2.41. The molecule has 0 amide bonds. The summed E-state index contributed by atoms with van der Waals surface area (Å²) in [5.74, 6) is 1.28. The van der Waals surface area contributed by atoms with Gasteiger partial charge in [0, 0.05) is 22.1 Å². The molecular weight excluding hydrogens is 365 g/mol. The number of benzene rings is 1. The third-order valence-corrected chi connectivity index (χ3v) is 4.32. The smallest absolute Gasteiger partial charge is 0.248 e. The zero-order chi connectivity index (χ0) is 14.8. The first-order valence-electron chi connectivity index (χ1n) is 6.70. The van der Waals surface area contributed by atoms with Crippen LogP contribution in [0.15, 0.2) is 22.6 Å². The van der Waals surface area contributed by atoms with Crippen molar-refractivity contribution < 1.29 is 4.42 Å². The van der Waals surface area contributed by atoms with E-state index in [1.165, 1.54) is 5.56 Å². The van der Waals surface area contributed by atoms with Gasteiger partial charge < -0.3 is 9.73 Å². The highest BCUT2D eigenvalue weighted by Crippen LogP contribution is 2.26. The predicted octanol–water partition coefficient (Wildman–Crippen LogP) is 3.58. The van der Waals surface area contributed by atoms with E-state index in [1.54, 1.807) is 0 Å². The maximum absolute atomic E-state index is 5.75. The molecule has 1 N–H and O–H groups in total. The summed E-state index contributed by atoms with van der Waals surface area (Å²) in [5, 5.41) is 11.7. The molecule has 2 rings (SSSR count). The van der Waals surface area contributed by atoms with Crippen molar-refractivity contribution in [1.29, 1.82) is 0 Å². The van der Waals surface area contributed by atoms with Crippen molar-refractivity contribution in [3.05, 3.63) is 33.2 Å². The van der Waals surface area contributed by atoms with E-state index in [0.29, 0.717) is 11.8 Å². The van der Waals surface area contributed by atoms with Gasteiger partial charge in [0.25, 0.3) is 0 Å². The van der Waals surface area contributed by atoms with Gasteiger partial charge in [-0.1, -0.05) is 12.1 Å². The van der Waals surface area contributed by atoms with Crippen LogP contribution in [0.25, 0.3) is 11.5 Å². The molecule has 5 heteroatoms. The molecule has 2 aromatic rings. The second kappa shape index (κ2) is 6.22. The zero-order valence-corrected chi connectivity index (χ0v) is 14.5. The molecule has 0 aliphatic carbocycles. The Morgan fingerprint density at radius 2 is 2.00 bits per heavy atom. The number of nitrogens with one attached hydrogen (secondary N) is 1. The van der Waals surface area contributed by atoms with E-state index in [4.69, 9.17) is 4.42 Å². The zero-order valence-electron chi connectivity index (χ0n) is 12.3. The Morgan fingerprint density at radius 1 is 1.25 bits per heavy atom. The molecule has 4 nitrogen and oxygen atoms in total. The van der Waals surface area contributed by atoms with E-state index >= 15 is 0 Å². The second-order valence-electron chi connectivity index (χ2n) is 5.86. The summed E-state index contributed by atoms with van der Waals surface area (Å²) < 4.78 is 6.91. The van der Waals surface area contributed by atoms with Crippen LogP contribution in [-0.4, -0.2) is 22.3 Å². The summed E-state index contributed by atoms with van der Waals surface area (Å²) in [7, 11) is 0. The summed E-state index contributed by atoms with van der Waals surface area (Å²) in [5.41, 5.74) is 2.33. The lowest BCUT2D eigenvalue weighted by Crippen LogP contribution is -2.37. The molecule has 0 saturated carbocycles. The van der Waals surface area contributed by atoms with Crippen LogP contribution < -0.4 is 5.32 Å². The van der Waals surface area contributed by atoms with Crippen LogP contribution in [0.1, 0.15) is 32.2 Å². The summed E-state index contributed by atoms with van der Waals surface area (Å²) in [6, 6.07) is 6.10. The van der Waals surface area contributed by atoms with Gasteiger partial charge in [0.1, 0.15) is 0 Å². The monoisotopic (exact) mass is 385 g/mol. The van der Waals surface area contributed by atoms with Gasteiger partial charge in [-0.3, -0.25) is 0 Å². The fourth-order valence-electron chi connectivity index (χ4n) is 1.82. The number of hydrogen-bond donors (Lipinski definition) is 1. The Kier molecular flexibility index (Phi) is 4.80. The minimum atomic E-state index is 0.106. The maximum atomic E-state index is 5.75. The molecular formula is C15H20IN3O. The van der Waals surface area contributed by atoms with E-state index < -0.39 is 0 Å². The quantitative estimate of drug-likeness (QED) is 0.818. The van der Waals surface area contributed by atoms with Crippen molar-refractivity contribution in [2.24, 2.45) is 0 Å². The third kappa shape index (κ3) is 4.02. The van der Waals surface area contributed by atoms with Gasteiger partial charge in [-0.25, -0.2) is 0 Å². The number of rotatable bonds is 4. The summed E-state index contributed by atoms with van der Waals surface area (Å²) in [6.07, 6.45) is 0.743. The molecule has 0 unspecified atom stereocenters. The molecule has 20 heavy (non-hydrogen) atoms. The predicted molar refractivity (Wildman–Crippen MR) is 88.6 cm³/mol.